The van der Waals surface area contributed by atoms with Crippen molar-refractivity contribution in [2.24, 2.45) is 10.7 Å². The normalized spacial score (nSPS) is 23.4. The second kappa shape index (κ2) is 3.80. The Bertz CT molecular complexity index is 551. The molecule has 1 saturated carbocycles. The van der Waals surface area contributed by atoms with E-state index in [9.17, 15) is 9.18 Å². The monoisotopic (exact) mass is 247 g/mol. The number of urea groups is 1. The minimum absolute atomic E-state index is 0.234. The number of aliphatic imine (C=N–C) groups is 1. The smallest absolute Gasteiger partial charge is 0.346 e. The second-order valence-electron chi connectivity index (χ2n) is 4.87. The van der Waals surface area contributed by atoms with Gasteiger partial charge in [0.1, 0.15) is 17.7 Å². The van der Waals surface area contributed by atoms with E-state index >= 15 is 0 Å². The first-order chi connectivity index (χ1) is 8.58. The summed E-state index contributed by atoms with van der Waals surface area (Å²) in [7, 11) is 0. The molecule has 1 atom stereocenters. The number of amidine groups is 1. The van der Waals surface area contributed by atoms with Crippen LogP contribution in [0.5, 0.6) is 0 Å². The van der Waals surface area contributed by atoms with Crippen LogP contribution in [0.4, 0.5) is 9.18 Å². The molecule has 1 unspecified atom stereocenters. The van der Waals surface area contributed by atoms with Crippen molar-refractivity contribution in [3.05, 3.63) is 35.1 Å². The zero-order chi connectivity index (χ0) is 12.9. The van der Waals surface area contributed by atoms with Gasteiger partial charge < -0.3 is 10.6 Å². The average Bonchev–Trinajstić information content (AvgIpc) is 3.09. The third kappa shape index (κ3) is 1.66. The maximum atomic E-state index is 13.3. The molecule has 3 rings (SSSR count). The number of rotatable bonds is 2. The summed E-state index contributed by atoms with van der Waals surface area (Å²) < 4.78 is 13.3. The number of benzene rings is 1. The van der Waals surface area contributed by atoms with E-state index in [1.165, 1.54) is 6.07 Å². The van der Waals surface area contributed by atoms with Crippen molar-refractivity contribution in [1.29, 1.82) is 0 Å². The lowest BCUT2D eigenvalue weighted by molar-refractivity contribution is 0.203. The number of nitrogens with zero attached hydrogens (tertiary/aromatic N) is 2. The van der Waals surface area contributed by atoms with Crippen LogP contribution < -0.4 is 5.73 Å². The SMILES string of the molecule is Cc1cc(C2C(N)=NC(=O)N2C2CC2)ccc1F. The van der Waals surface area contributed by atoms with Crippen LogP contribution in [0.25, 0.3) is 0 Å². The number of nitrogens with two attached hydrogens (primary N) is 1. The summed E-state index contributed by atoms with van der Waals surface area (Å²) in [6.45, 7) is 1.70. The van der Waals surface area contributed by atoms with Crippen molar-refractivity contribution in [3.8, 4) is 0 Å². The highest BCUT2D eigenvalue weighted by atomic mass is 19.1. The first-order valence-electron chi connectivity index (χ1n) is 6.00. The first kappa shape index (κ1) is 11.2. The molecular formula is C13H14FN3O. The van der Waals surface area contributed by atoms with Crippen LogP contribution in [-0.4, -0.2) is 22.8 Å². The average molecular weight is 247 g/mol. The van der Waals surface area contributed by atoms with Crippen LogP contribution in [0.1, 0.15) is 30.0 Å². The Balaban J connectivity index is 2.00. The molecule has 1 aliphatic carbocycles. The lowest BCUT2D eigenvalue weighted by atomic mass is 10.0. The van der Waals surface area contributed by atoms with Crippen molar-refractivity contribution in [2.75, 3.05) is 0 Å². The number of halogens is 1. The maximum Gasteiger partial charge on any atom is 0.346 e. The molecule has 1 aromatic rings. The molecule has 1 aromatic carbocycles. The van der Waals surface area contributed by atoms with Crippen molar-refractivity contribution in [2.45, 2.75) is 31.8 Å². The molecule has 1 fully saturated rings. The van der Waals surface area contributed by atoms with Gasteiger partial charge >= 0.3 is 6.03 Å². The molecular weight excluding hydrogens is 233 g/mol. The predicted octanol–water partition coefficient (Wildman–Crippen LogP) is 2.13. The van der Waals surface area contributed by atoms with Gasteiger partial charge in [-0.1, -0.05) is 12.1 Å². The van der Waals surface area contributed by atoms with Gasteiger partial charge in [-0.2, -0.15) is 4.99 Å². The summed E-state index contributed by atoms with van der Waals surface area (Å²) in [5.74, 6) is 0.0504. The van der Waals surface area contributed by atoms with E-state index in [4.69, 9.17) is 5.73 Å². The molecule has 18 heavy (non-hydrogen) atoms. The zero-order valence-electron chi connectivity index (χ0n) is 10.1. The molecule has 2 amide bonds. The zero-order valence-corrected chi connectivity index (χ0v) is 10.1. The van der Waals surface area contributed by atoms with Gasteiger partial charge in [0.25, 0.3) is 0 Å². The van der Waals surface area contributed by atoms with E-state index in [1.54, 1.807) is 24.0 Å². The summed E-state index contributed by atoms with van der Waals surface area (Å²) in [6.07, 6.45) is 1.98. The Hall–Kier alpha value is -1.91. The summed E-state index contributed by atoms with van der Waals surface area (Å²) >= 11 is 0. The van der Waals surface area contributed by atoms with E-state index in [0.717, 1.165) is 18.4 Å². The van der Waals surface area contributed by atoms with Crippen molar-refractivity contribution < 1.29 is 9.18 Å². The Morgan fingerprint density at radius 3 is 2.78 bits per heavy atom. The highest BCUT2D eigenvalue weighted by Crippen LogP contribution is 2.38. The van der Waals surface area contributed by atoms with Crippen LogP contribution in [-0.2, 0) is 0 Å². The Kier molecular flexibility index (Phi) is 2.36. The van der Waals surface area contributed by atoms with Crippen LogP contribution in [0.3, 0.4) is 0 Å². The van der Waals surface area contributed by atoms with Crippen LogP contribution in [0.2, 0.25) is 0 Å². The molecule has 2 aliphatic rings. The number of aryl methyl sites for hydroxylation is 1. The van der Waals surface area contributed by atoms with Gasteiger partial charge in [-0.25, -0.2) is 9.18 Å². The summed E-state index contributed by atoms with van der Waals surface area (Å²) in [5, 5.41) is 0. The molecule has 94 valence electrons. The lowest BCUT2D eigenvalue weighted by Crippen LogP contribution is -2.35. The van der Waals surface area contributed by atoms with Gasteiger partial charge in [0.2, 0.25) is 0 Å². The maximum absolute atomic E-state index is 13.3. The number of hydrogen-bond donors (Lipinski definition) is 1. The van der Waals surface area contributed by atoms with Crippen LogP contribution in [0.15, 0.2) is 23.2 Å². The van der Waals surface area contributed by atoms with Crippen LogP contribution in [0, 0.1) is 12.7 Å². The Labute approximate surface area is 104 Å². The molecule has 5 heteroatoms. The number of hydrogen-bond acceptors (Lipinski definition) is 2. The molecule has 0 bridgehead atoms. The van der Waals surface area contributed by atoms with Gasteiger partial charge in [0, 0.05) is 6.04 Å². The first-order valence-corrected chi connectivity index (χ1v) is 6.00. The number of carbonyl (C=O) groups is 1. The fraction of sp³-hybridized carbons (Fsp3) is 0.385. The molecule has 1 heterocycles. The van der Waals surface area contributed by atoms with Gasteiger partial charge in [0.15, 0.2) is 0 Å². The summed E-state index contributed by atoms with van der Waals surface area (Å²) in [6, 6.07) is 4.44. The topological polar surface area (TPSA) is 58.7 Å². The van der Waals surface area contributed by atoms with E-state index in [1.807, 2.05) is 0 Å². The largest absolute Gasteiger partial charge is 0.385 e. The van der Waals surface area contributed by atoms with Gasteiger partial charge in [-0.05, 0) is 37.0 Å². The summed E-state index contributed by atoms with van der Waals surface area (Å²) in [4.78, 5) is 17.3. The Morgan fingerprint density at radius 1 is 1.44 bits per heavy atom. The van der Waals surface area contributed by atoms with Crippen molar-refractivity contribution in [3.63, 3.8) is 0 Å². The fourth-order valence-corrected chi connectivity index (χ4v) is 2.37. The molecule has 0 radical (unpaired) electrons. The van der Waals surface area contributed by atoms with E-state index in [2.05, 4.69) is 4.99 Å². The van der Waals surface area contributed by atoms with Gasteiger partial charge in [0.05, 0.1) is 0 Å². The molecule has 0 saturated heterocycles. The molecule has 1 aliphatic heterocycles. The fourth-order valence-electron chi connectivity index (χ4n) is 2.37. The highest BCUT2D eigenvalue weighted by Gasteiger charge is 2.43. The number of carbonyl (C=O) groups excluding carboxylic acids is 1. The second-order valence-corrected chi connectivity index (χ2v) is 4.87. The Morgan fingerprint density at radius 2 is 2.17 bits per heavy atom. The van der Waals surface area contributed by atoms with E-state index in [0.29, 0.717) is 11.4 Å². The van der Waals surface area contributed by atoms with Crippen LogP contribution >= 0.6 is 0 Å². The van der Waals surface area contributed by atoms with E-state index < -0.39 is 0 Å². The molecule has 0 spiro atoms. The lowest BCUT2D eigenvalue weighted by Gasteiger charge is -2.24. The quantitative estimate of drug-likeness (QED) is 0.870. The molecule has 2 N–H and O–H groups in total. The van der Waals surface area contributed by atoms with Crippen molar-refractivity contribution in [1.82, 2.24) is 4.90 Å². The third-order valence-corrected chi connectivity index (χ3v) is 3.44. The predicted molar refractivity (Wildman–Crippen MR) is 65.8 cm³/mol. The standard InChI is InChI=1S/C13H14FN3O/c1-7-6-8(2-5-10(7)14)11-12(15)16-13(18)17(11)9-3-4-9/h2,5-6,9,11H,3-4H2,1H3,(H2,15,16,18). The molecule has 4 nitrogen and oxygen atoms in total. The molecule has 0 aromatic heterocycles. The minimum atomic E-state index is -0.329. The van der Waals surface area contributed by atoms with Gasteiger partial charge in [-0.15, -0.1) is 0 Å². The number of amides is 2. The van der Waals surface area contributed by atoms with Gasteiger partial charge in [-0.3, -0.25) is 0 Å². The summed E-state index contributed by atoms with van der Waals surface area (Å²) in [5.41, 5.74) is 7.22. The van der Waals surface area contributed by atoms with Crippen molar-refractivity contribution >= 4 is 11.9 Å². The minimum Gasteiger partial charge on any atom is -0.385 e. The highest BCUT2D eigenvalue weighted by molar-refractivity contribution is 6.03. The third-order valence-electron chi connectivity index (χ3n) is 3.44. The van der Waals surface area contributed by atoms with E-state index in [-0.39, 0.29) is 23.9 Å².